The second-order valence-electron chi connectivity index (χ2n) is 5.22. The number of hydrogen-bond donors (Lipinski definition) is 2. The quantitative estimate of drug-likeness (QED) is 0.837. The third kappa shape index (κ3) is 2.68. The van der Waals surface area contributed by atoms with Gasteiger partial charge in [0.25, 0.3) is 0 Å². The summed E-state index contributed by atoms with van der Waals surface area (Å²) in [7, 11) is 0. The highest BCUT2D eigenvalue weighted by Crippen LogP contribution is 2.36. The second kappa shape index (κ2) is 5.36. The fourth-order valence-corrected chi connectivity index (χ4v) is 2.73. The number of hydrogen-bond acceptors (Lipinski definition) is 5. The molecule has 104 valence electrons. The van der Waals surface area contributed by atoms with Gasteiger partial charge in [-0.05, 0) is 30.2 Å². The van der Waals surface area contributed by atoms with Crippen molar-refractivity contribution < 1.29 is 9.47 Å². The fraction of sp³-hybridized carbons (Fsp3) is 0.571. The van der Waals surface area contributed by atoms with Crippen LogP contribution < -0.4 is 20.5 Å². The first kappa shape index (κ1) is 12.7. The van der Waals surface area contributed by atoms with E-state index >= 15 is 0 Å². The number of nitrogens with two attached hydrogens (primary N) is 1. The Labute approximate surface area is 113 Å². The molecule has 1 fully saturated rings. The third-order valence-electron chi connectivity index (χ3n) is 3.83. The summed E-state index contributed by atoms with van der Waals surface area (Å²) in [4.78, 5) is 2.41. The van der Waals surface area contributed by atoms with E-state index in [2.05, 4.69) is 17.1 Å². The van der Waals surface area contributed by atoms with E-state index in [9.17, 15) is 0 Å². The number of ether oxygens (including phenoxy) is 2. The van der Waals surface area contributed by atoms with Crippen LogP contribution in [0.1, 0.15) is 17.2 Å². The number of piperazine rings is 1. The average Bonchev–Trinajstić information content (AvgIpc) is 2.86. The van der Waals surface area contributed by atoms with Gasteiger partial charge in [0.2, 0.25) is 6.79 Å². The SMILES string of the molecule is Cc1cc2c(cc1C(N)CN1CCNCC1)OCO2. The summed E-state index contributed by atoms with van der Waals surface area (Å²) >= 11 is 0. The van der Waals surface area contributed by atoms with Crippen molar-refractivity contribution in [2.24, 2.45) is 5.73 Å². The van der Waals surface area contributed by atoms with E-state index in [-0.39, 0.29) is 6.04 Å². The van der Waals surface area contributed by atoms with Crippen molar-refractivity contribution in [3.05, 3.63) is 23.3 Å². The summed E-state index contributed by atoms with van der Waals surface area (Å²) in [6.07, 6.45) is 0. The van der Waals surface area contributed by atoms with Gasteiger partial charge in [-0.2, -0.15) is 0 Å². The summed E-state index contributed by atoms with van der Waals surface area (Å²) in [6.45, 7) is 7.51. The maximum atomic E-state index is 6.36. The molecule has 1 saturated heterocycles. The van der Waals surface area contributed by atoms with Crippen LogP contribution in [0.3, 0.4) is 0 Å². The lowest BCUT2D eigenvalue weighted by Gasteiger charge is -2.30. The Morgan fingerprint density at radius 3 is 2.68 bits per heavy atom. The summed E-state index contributed by atoms with van der Waals surface area (Å²) in [5.41, 5.74) is 8.69. The highest BCUT2D eigenvalue weighted by Gasteiger charge is 2.20. The van der Waals surface area contributed by atoms with Crippen LogP contribution in [0.15, 0.2) is 12.1 Å². The molecule has 3 rings (SSSR count). The molecule has 1 aromatic carbocycles. The van der Waals surface area contributed by atoms with Crippen LogP contribution >= 0.6 is 0 Å². The van der Waals surface area contributed by atoms with Crippen LogP contribution in [-0.2, 0) is 0 Å². The van der Waals surface area contributed by atoms with E-state index in [1.165, 1.54) is 5.56 Å². The Morgan fingerprint density at radius 1 is 1.26 bits per heavy atom. The molecular formula is C14H21N3O2. The van der Waals surface area contributed by atoms with Gasteiger partial charge in [0.15, 0.2) is 11.5 Å². The van der Waals surface area contributed by atoms with E-state index < -0.39 is 0 Å². The minimum absolute atomic E-state index is 0.0209. The molecule has 2 aliphatic rings. The van der Waals surface area contributed by atoms with Crippen LogP contribution in [0.4, 0.5) is 0 Å². The number of aryl methyl sites for hydroxylation is 1. The highest BCUT2D eigenvalue weighted by molar-refractivity contribution is 5.49. The fourth-order valence-electron chi connectivity index (χ4n) is 2.73. The minimum Gasteiger partial charge on any atom is -0.454 e. The van der Waals surface area contributed by atoms with Crippen molar-refractivity contribution in [1.82, 2.24) is 10.2 Å². The molecule has 5 nitrogen and oxygen atoms in total. The number of fused-ring (bicyclic) bond motifs is 1. The van der Waals surface area contributed by atoms with Gasteiger partial charge in [-0.15, -0.1) is 0 Å². The van der Waals surface area contributed by atoms with Gasteiger partial charge >= 0.3 is 0 Å². The Bertz CT molecular complexity index is 458. The summed E-state index contributed by atoms with van der Waals surface area (Å²) in [5.74, 6) is 1.65. The summed E-state index contributed by atoms with van der Waals surface area (Å²) in [5, 5.41) is 3.35. The molecule has 2 heterocycles. The van der Waals surface area contributed by atoms with E-state index in [4.69, 9.17) is 15.2 Å². The molecular weight excluding hydrogens is 242 g/mol. The zero-order chi connectivity index (χ0) is 13.2. The molecule has 0 bridgehead atoms. The van der Waals surface area contributed by atoms with Gasteiger partial charge in [0.1, 0.15) is 0 Å². The number of nitrogens with zero attached hydrogens (tertiary/aromatic N) is 1. The van der Waals surface area contributed by atoms with Crippen molar-refractivity contribution in [1.29, 1.82) is 0 Å². The van der Waals surface area contributed by atoms with E-state index in [0.717, 1.165) is 49.8 Å². The van der Waals surface area contributed by atoms with Crippen molar-refractivity contribution in [3.8, 4) is 11.5 Å². The lowest BCUT2D eigenvalue weighted by atomic mass is 10.0. The molecule has 0 aliphatic carbocycles. The van der Waals surface area contributed by atoms with Gasteiger partial charge in [0, 0.05) is 38.8 Å². The third-order valence-corrected chi connectivity index (χ3v) is 3.83. The first-order valence-corrected chi connectivity index (χ1v) is 6.83. The van der Waals surface area contributed by atoms with Crippen LogP contribution in [0, 0.1) is 6.92 Å². The van der Waals surface area contributed by atoms with Gasteiger partial charge in [-0.3, -0.25) is 4.90 Å². The number of nitrogens with one attached hydrogen (secondary N) is 1. The molecule has 19 heavy (non-hydrogen) atoms. The molecule has 5 heteroatoms. The molecule has 0 aromatic heterocycles. The number of rotatable bonds is 3. The first-order chi connectivity index (χ1) is 9.24. The predicted octanol–water partition coefficient (Wildman–Crippen LogP) is 0.629. The lowest BCUT2D eigenvalue weighted by Crippen LogP contribution is -2.46. The molecule has 0 amide bonds. The predicted molar refractivity (Wildman–Crippen MR) is 73.5 cm³/mol. The molecule has 0 radical (unpaired) electrons. The molecule has 0 saturated carbocycles. The van der Waals surface area contributed by atoms with Gasteiger partial charge in [-0.1, -0.05) is 0 Å². The minimum atomic E-state index is 0.0209. The molecule has 1 unspecified atom stereocenters. The monoisotopic (exact) mass is 263 g/mol. The molecule has 1 aromatic rings. The Hall–Kier alpha value is -1.30. The van der Waals surface area contributed by atoms with Crippen LogP contribution in [-0.4, -0.2) is 44.4 Å². The van der Waals surface area contributed by atoms with Gasteiger partial charge < -0.3 is 20.5 Å². The Balaban J connectivity index is 1.73. The first-order valence-electron chi connectivity index (χ1n) is 6.83. The standard InChI is InChI=1S/C14H21N3O2/c1-10-6-13-14(19-9-18-13)7-11(10)12(15)8-17-4-2-16-3-5-17/h6-7,12,16H,2-5,8-9,15H2,1H3. The van der Waals surface area contributed by atoms with E-state index in [1.807, 2.05) is 12.1 Å². The zero-order valence-electron chi connectivity index (χ0n) is 11.3. The largest absolute Gasteiger partial charge is 0.454 e. The van der Waals surface area contributed by atoms with Crippen molar-refractivity contribution >= 4 is 0 Å². The van der Waals surface area contributed by atoms with Crippen molar-refractivity contribution in [2.45, 2.75) is 13.0 Å². The molecule has 1 atom stereocenters. The second-order valence-corrected chi connectivity index (χ2v) is 5.22. The van der Waals surface area contributed by atoms with Crippen molar-refractivity contribution in [2.75, 3.05) is 39.5 Å². The maximum Gasteiger partial charge on any atom is 0.231 e. The molecule has 2 aliphatic heterocycles. The lowest BCUT2D eigenvalue weighted by molar-refractivity contribution is 0.174. The highest BCUT2D eigenvalue weighted by atomic mass is 16.7. The average molecular weight is 263 g/mol. The number of benzene rings is 1. The summed E-state index contributed by atoms with van der Waals surface area (Å²) < 4.78 is 10.8. The summed E-state index contributed by atoms with van der Waals surface area (Å²) in [6, 6.07) is 4.08. The van der Waals surface area contributed by atoms with E-state index in [0.29, 0.717) is 6.79 Å². The van der Waals surface area contributed by atoms with Gasteiger partial charge in [0.05, 0.1) is 0 Å². The van der Waals surface area contributed by atoms with Crippen molar-refractivity contribution in [3.63, 3.8) is 0 Å². The van der Waals surface area contributed by atoms with Crippen LogP contribution in [0.5, 0.6) is 11.5 Å². The zero-order valence-corrected chi connectivity index (χ0v) is 11.3. The van der Waals surface area contributed by atoms with Gasteiger partial charge in [-0.25, -0.2) is 0 Å². The maximum absolute atomic E-state index is 6.36. The molecule has 3 N–H and O–H groups in total. The van der Waals surface area contributed by atoms with Crippen LogP contribution in [0.2, 0.25) is 0 Å². The Morgan fingerprint density at radius 2 is 1.95 bits per heavy atom. The Kier molecular flexibility index (Phi) is 3.59. The molecule has 0 spiro atoms. The smallest absolute Gasteiger partial charge is 0.231 e. The topological polar surface area (TPSA) is 59.8 Å². The van der Waals surface area contributed by atoms with E-state index in [1.54, 1.807) is 0 Å². The normalized spacial score (nSPS) is 20.5. The van der Waals surface area contributed by atoms with Crippen LogP contribution in [0.25, 0.3) is 0 Å².